The van der Waals surface area contributed by atoms with Gasteiger partial charge >= 0.3 is 0 Å². The van der Waals surface area contributed by atoms with Crippen molar-refractivity contribution in [3.63, 3.8) is 0 Å². The number of nitrogens with one attached hydrogen (secondary N) is 1. The average molecular weight is 308 g/mol. The molecule has 1 amide bonds. The van der Waals surface area contributed by atoms with Crippen LogP contribution in [0.4, 0.5) is 5.82 Å². The van der Waals surface area contributed by atoms with Gasteiger partial charge in [-0.3, -0.25) is 4.79 Å². The fourth-order valence-electron chi connectivity index (χ4n) is 1.91. The Morgan fingerprint density at radius 1 is 1.33 bits per heavy atom. The predicted octanol–water partition coefficient (Wildman–Crippen LogP) is 2.42. The van der Waals surface area contributed by atoms with E-state index in [-0.39, 0.29) is 22.0 Å². The molecule has 1 heterocycles. The zero-order chi connectivity index (χ0) is 15.5. The summed E-state index contributed by atoms with van der Waals surface area (Å²) in [5.74, 6) is 0.274. The van der Waals surface area contributed by atoms with E-state index >= 15 is 0 Å². The Kier molecular flexibility index (Phi) is 4.42. The lowest BCUT2D eigenvalue weighted by Crippen LogP contribution is -2.17. The lowest BCUT2D eigenvalue weighted by Gasteiger charge is -2.09. The van der Waals surface area contributed by atoms with Gasteiger partial charge in [-0.05, 0) is 25.5 Å². The van der Waals surface area contributed by atoms with E-state index in [0.29, 0.717) is 12.2 Å². The quantitative estimate of drug-likeness (QED) is 0.916. The maximum Gasteiger partial charge on any atom is 0.258 e. The van der Waals surface area contributed by atoms with Crippen LogP contribution in [0, 0.1) is 6.92 Å². The molecule has 1 N–H and O–H groups in total. The summed E-state index contributed by atoms with van der Waals surface area (Å²) in [5, 5.41) is 6.18. The Balaban J connectivity index is 2.34. The highest BCUT2D eigenvalue weighted by Gasteiger charge is 2.21. The average Bonchev–Trinajstić information content (AvgIpc) is 2.84. The largest absolute Gasteiger partial charge is 0.360 e. The fraction of sp³-hybridized carbons (Fsp3) is 0.286. The first-order valence-corrected chi connectivity index (χ1v) is 8.15. The van der Waals surface area contributed by atoms with Gasteiger partial charge in [-0.15, -0.1) is 0 Å². The number of carbonyl (C=O) groups is 1. The fourth-order valence-corrected chi connectivity index (χ4v) is 3.45. The zero-order valence-corrected chi connectivity index (χ0v) is 12.6. The molecule has 0 atom stereocenters. The summed E-state index contributed by atoms with van der Waals surface area (Å²) < 4.78 is 29.3. The summed E-state index contributed by atoms with van der Waals surface area (Å²) in [7, 11) is -3.48. The van der Waals surface area contributed by atoms with Gasteiger partial charge in [0.1, 0.15) is 5.76 Å². The standard InChI is InChI=1S/C14H16N2O4S/c1-3-8-21(18,19)12-7-5-4-6-11(12)14(17)15-13-9-10(2)20-16-13/h4-7,9H,3,8H2,1-2H3,(H,15,16,17). The van der Waals surface area contributed by atoms with Crippen LogP contribution in [-0.2, 0) is 9.84 Å². The number of benzene rings is 1. The van der Waals surface area contributed by atoms with Crippen molar-refractivity contribution in [1.82, 2.24) is 5.16 Å². The van der Waals surface area contributed by atoms with E-state index in [0.717, 1.165) is 0 Å². The zero-order valence-electron chi connectivity index (χ0n) is 11.8. The highest BCUT2D eigenvalue weighted by Crippen LogP contribution is 2.19. The van der Waals surface area contributed by atoms with Crippen molar-refractivity contribution in [1.29, 1.82) is 0 Å². The maximum atomic E-state index is 12.2. The second-order valence-corrected chi connectivity index (χ2v) is 6.67. The van der Waals surface area contributed by atoms with Crippen LogP contribution in [0.15, 0.2) is 39.8 Å². The number of aryl methyl sites for hydroxylation is 1. The molecule has 2 aromatic rings. The van der Waals surface area contributed by atoms with E-state index < -0.39 is 15.7 Å². The number of amides is 1. The summed E-state index contributed by atoms with van der Waals surface area (Å²) in [6.45, 7) is 3.47. The predicted molar refractivity (Wildman–Crippen MR) is 78.0 cm³/mol. The molecule has 1 aromatic heterocycles. The smallest absolute Gasteiger partial charge is 0.258 e. The van der Waals surface area contributed by atoms with E-state index in [9.17, 15) is 13.2 Å². The van der Waals surface area contributed by atoms with Gasteiger partial charge < -0.3 is 9.84 Å². The molecule has 0 aliphatic rings. The highest BCUT2D eigenvalue weighted by molar-refractivity contribution is 7.91. The van der Waals surface area contributed by atoms with Crippen LogP contribution in [0.5, 0.6) is 0 Å². The van der Waals surface area contributed by atoms with Gasteiger partial charge in [0.15, 0.2) is 15.7 Å². The van der Waals surface area contributed by atoms with Crippen LogP contribution in [0.1, 0.15) is 29.5 Å². The summed E-state index contributed by atoms with van der Waals surface area (Å²) in [6, 6.07) is 7.69. The third kappa shape index (κ3) is 3.49. The van der Waals surface area contributed by atoms with Crippen molar-refractivity contribution in [2.45, 2.75) is 25.2 Å². The number of hydrogen-bond donors (Lipinski definition) is 1. The topological polar surface area (TPSA) is 89.3 Å². The van der Waals surface area contributed by atoms with Crippen LogP contribution in [0.2, 0.25) is 0 Å². The molecule has 2 rings (SSSR count). The summed E-state index contributed by atoms with van der Waals surface area (Å²) >= 11 is 0. The van der Waals surface area contributed by atoms with Crippen molar-refractivity contribution < 1.29 is 17.7 Å². The van der Waals surface area contributed by atoms with Crippen LogP contribution >= 0.6 is 0 Å². The van der Waals surface area contributed by atoms with E-state index in [2.05, 4.69) is 10.5 Å². The highest BCUT2D eigenvalue weighted by atomic mass is 32.2. The minimum atomic E-state index is -3.48. The number of sulfone groups is 1. The van der Waals surface area contributed by atoms with Crippen molar-refractivity contribution in [3.05, 3.63) is 41.7 Å². The van der Waals surface area contributed by atoms with E-state index in [1.54, 1.807) is 32.0 Å². The minimum Gasteiger partial charge on any atom is -0.360 e. The first-order valence-electron chi connectivity index (χ1n) is 6.50. The number of hydrogen-bond acceptors (Lipinski definition) is 5. The van der Waals surface area contributed by atoms with Gasteiger partial charge in [-0.1, -0.05) is 24.2 Å². The molecule has 0 aliphatic carbocycles. The van der Waals surface area contributed by atoms with Crippen molar-refractivity contribution in [2.75, 3.05) is 11.1 Å². The Morgan fingerprint density at radius 2 is 2.05 bits per heavy atom. The lowest BCUT2D eigenvalue weighted by molar-refractivity contribution is 0.102. The van der Waals surface area contributed by atoms with Crippen LogP contribution in [0.3, 0.4) is 0 Å². The monoisotopic (exact) mass is 308 g/mol. The second kappa shape index (κ2) is 6.09. The van der Waals surface area contributed by atoms with Gasteiger partial charge in [0, 0.05) is 6.07 Å². The first kappa shape index (κ1) is 15.2. The van der Waals surface area contributed by atoms with Gasteiger partial charge in [0.25, 0.3) is 5.91 Å². The Bertz CT molecular complexity index is 750. The van der Waals surface area contributed by atoms with E-state index in [4.69, 9.17) is 4.52 Å². The van der Waals surface area contributed by atoms with Gasteiger partial charge in [0.05, 0.1) is 16.2 Å². The minimum absolute atomic E-state index is 0.000359. The van der Waals surface area contributed by atoms with Gasteiger partial charge in [0.2, 0.25) is 0 Å². The summed E-state index contributed by atoms with van der Waals surface area (Å²) in [4.78, 5) is 12.3. The number of anilines is 1. The van der Waals surface area contributed by atoms with E-state index in [1.807, 2.05) is 0 Å². The molecule has 0 bridgehead atoms. The van der Waals surface area contributed by atoms with Crippen molar-refractivity contribution >= 4 is 21.6 Å². The number of nitrogens with zero attached hydrogens (tertiary/aromatic N) is 1. The SMILES string of the molecule is CCCS(=O)(=O)c1ccccc1C(=O)Nc1cc(C)on1. The first-order chi connectivity index (χ1) is 9.94. The molecule has 21 heavy (non-hydrogen) atoms. The number of rotatable bonds is 5. The molecule has 6 nitrogen and oxygen atoms in total. The Labute approximate surface area is 123 Å². The number of carbonyl (C=O) groups excluding carboxylic acids is 1. The summed E-state index contributed by atoms with van der Waals surface area (Å²) in [5.41, 5.74) is 0.103. The molecule has 0 saturated carbocycles. The molecular weight excluding hydrogens is 292 g/mol. The van der Waals surface area contributed by atoms with Crippen LogP contribution in [0.25, 0.3) is 0 Å². The maximum absolute atomic E-state index is 12.2. The molecule has 0 saturated heterocycles. The second-order valence-electron chi connectivity index (χ2n) is 4.59. The third-order valence-electron chi connectivity index (χ3n) is 2.81. The molecule has 0 fully saturated rings. The van der Waals surface area contributed by atoms with Gasteiger partial charge in [-0.2, -0.15) is 0 Å². The van der Waals surface area contributed by atoms with Crippen molar-refractivity contribution in [3.8, 4) is 0 Å². The molecule has 7 heteroatoms. The molecule has 0 radical (unpaired) electrons. The normalized spacial score (nSPS) is 11.3. The Morgan fingerprint density at radius 3 is 2.67 bits per heavy atom. The lowest BCUT2D eigenvalue weighted by atomic mass is 10.2. The molecule has 112 valence electrons. The van der Waals surface area contributed by atoms with E-state index in [1.165, 1.54) is 12.1 Å². The van der Waals surface area contributed by atoms with Gasteiger partial charge in [-0.25, -0.2) is 8.42 Å². The Hall–Kier alpha value is -2.15. The molecule has 0 spiro atoms. The molecule has 1 aromatic carbocycles. The summed E-state index contributed by atoms with van der Waals surface area (Å²) in [6.07, 6.45) is 0.487. The van der Waals surface area contributed by atoms with Crippen LogP contribution < -0.4 is 5.32 Å². The molecular formula is C14H16N2O4S. The van der Waals surface area contributed by atoms with Crippen LogP contribution in [-0.4, -0.2) is 25.2 Å². The van der Waals surface area contributed by atoms with Crippen molar-refractivity contribution in [2.24, 2.45) is 0 Å². The third-order valence-corrected chi connectivity index (χ3v) is 4.78. The number of aromatic nitrogens is 1. The molecule has 0 aliphatic heterocycles. The molecule has 0 unspecified atom stereocenters.